The number of carbonyl (C=O) groups excluding carboxylic acids is 1. The van der Waals surface area contributed by atoms with Gasteiger partial charge in [0, 0.05) is 11.6 Å². The number of nitrogens with two attached hydrogens (primary N) is 1. The molecule has 0 fully saturated rings. The standard InChI is InChI=1S/C14H20Cl2N2O3/c1-2-3-4-20-5-6-21-9-13(19)18-14-11(16)7-10(15)8-12(14)17/h7-8H,2-6,9,17H2,1H3,(H,18,19). The van der Waals surface area contributed by atoms with E-state index in [-0.39, 0.29) is 17.5 Å². The van der Waals surface area contributed by atoms with Crippen LogP contribution in [-0.2, 0) is 14.3 Å². The second-order valence-electron chi connectivity index (χ2n) is 4.42. The second kappa shape index (κ2) is 9.84. The van der Waals surface area contributed by atoms with E-state index < -0.39 is 0 Å². The molecule has 7 heteroatoms. The van der Waals surface area contributed by atoms with Gasteiger partial charge >= 0.3 is 0 Å². The van der Waals surface area contributed by atoms with Crippen LogP contribution in [0.4, 0.5) is 11.4 Å². The zero-order valence-corrected chi connectivity index (χ0v) is 13.5. The van der Waals surface area contributed by atoms with Crippen LogP contribution in [0.15, 0.2) is 12.1 Å². The first-order valence-electron chi connectivity index (χ1n) is 6.74. The van der Waals surface area contributed by atoms with Crippen LogP contribution in [0.3, 0.4) is 0 Å². The molecule has 1 amide bonds. The quantitative estimate of drug-likeness (QED) is 0.536. The highest BCUT2D eigenvalue weighted by Gasteiger charge is 2.10. The highest BCUT2D eigenvalue weighted by atomic mass is 35.5. The third kappa shape index (κ3) is 7.00. The monoisotopic (exact) mass is 334 g/mol. The third-order valence-electron chi connectivity index (χ3n) is 2.60. The molecular formula is C14H20Cl2N2O3. The largest absolute Gasteiger partial charge is 0.397 e. The fraction of sp³-hybridized carbons (Fsp3) is 0.500. The van der Waals surface area contributed by atoms with E-state index in [4.69, 9.17) is 38.4 Å². The molecule has 1 rings (SSSR count). The first-order valence-corrected chi connectivity index (χ1v) is 7.50. The van der Waals surface area contributed by atoms with Crippen molar-refractivity contribution in [3.8, 4) is 0 Å². The molecule has 0 spiro atoms. The molecule has 0 aliphatic carbocycles. The molecule has 118 valence electrons. The van der Waals surface area contributed by atoms with Crippen molar-refractivity contribution in [3.63, 3.8) is 0 Å². The molecule has 0 bridgehead atoms. The smallest absolute Gasteiger partial charge is 0.250 e. The molecule has 0 radical (unpaired) electrons. The van der Waals surface area contributed by atoms with Crippen LogP contribution in [0.2, 0.25) is 10.0 Å². The number of benzene rings is 1. The summed E-state index contributed by atoms with van der Waals surface area (Å²) in [5.74, 6) is -0.334. The fourth-order valence-electron chi connectivity index (χ4n) is 1.53. The minimum Gasteiger partial charge on any atom is -0.397 e. The molecule has 1 aromatic carbocycles. The summed E-state index contributed by atoms with van der Waals surface area (Å²) >= 11 is 11.8. The first kappa shape index (κ1) is 18.0. The highest BCUT2D eigenvalue weighted by Crippen LogP contribution is 2.31. The van der Waals surface area contributed by atoms with E-state index in [0.717, 1.165) is 12.8 Å². The Morgan fingerprint density at radius 3 is 2.62 bits per heavy atom. The lowest BCUT2D eigenvalue weighted by molar-refractivity contribution is -0.121. The van der Waals surface area contributed by atoms with Crippen LogP contribution in [0, 0.1) is 0 Å². The molecule has 0 aliphatic heterocycles. The predicted octanol–water partition coefficient (Wildman–Crippen LogP) is 3.35. The maximum atomic E-state index is 11.7. The molecule has 3 N–H and O–H groups in total. The molecule has 0 heterocycles. The molecule has 0 saturated carbocycles. The molecule has 5 nitrogen and oxygen atoms in total. The number of hydrogen-bond acceptors (Lipinski definition) is 4. The summed E-state index contributed by atoms with van der Waals surface area (Å²) in [5, 5.41) is 3.30. The second-order valence-corrected chi connectivity index (χ2v) is 5.26. The van der Waals surface area contributed by atoms with Crippen molar-refractivity contribution in [3.05, 3.63) is 22.2 Å². The van der Waals surface area contributed by atoms with Gasteiger partial charge in [-0.2, -0.15) is 0 Å². The van der Waals surface area contributed by atoms with Crippen LogP contribution in [0.25, 0.3) is 0 Å². The summed E-state index contributed by atoms with van der Waals surface area (Å²) in [5.41, 5.74) is 6.40. The minimum atomic E-state index is -0.334. The van der Waals surface area contributed by atoms with Gasteiger partial charge < -0.3 is 20.5 Å². The van der Waals surface area contributed by atoms with Gasteiger partial charge in [-0.3, -0.25) is 4.79 Å². The Hall–Kier alpha value is -1.01. The lowest BCUT2D eigenvalue weighted by Gasteiger charge is -2.11. The summed E-state index contributed by atoms with van der Waals surface area (Å²) in [6.45, 7) is 3.55. The van der Waals surface area contributed by atoms with Gasteiger partial charge in [-0.1, -0.05) is 36.5 Å². The number of hydrogen-bond donors (Lipinski definition) is 2. The topological polar surface area (TPSA) is 73.6 Å². The Morgan fingerprint density at radius 1 is 1.24 bits per heavy atom. The van der Waals surface area contributed by atoms with E-state index in [1.807, 2.05) is 0 Å². The summed E-state index contributed by atoms with van der Waals surface area (Å²) in [6, 6.07) is 3.03. The molecular weight excluding hydrogens is 315 g/mol. The summed E-state index contributed by atoms with van der Waals surface area (Å²) in [6.07, 6.45) is 2.11. The van der Waals surface area contributed by atoms with Crippen molar-refractivity contribution >= 4 is 40.5 Å². The lowest BCUT2D eigenvalue weighted by atomic mass is 10.2. The number of unbranched alkanes of at least 4 members (excludes halogenated alkanes) is 1. The Bertz CT molecular complexity index is 447. The van der Waals surface area contributed by atoms with Crippen LogP contribution in [0.1, 0.15) is 19.8 Å². The molecule has 0 atom stereocenters. The van der Waals surface area contributed by atoms with Crippen molar-refractivity contribution in [2.24, 2.45) is 0 Å². The Kier molecular flexibility index (Phi) is 8.45. The first-order chi connectivity index (χ1) is 10.0. The van der Waals surface area contributed by atoms with Crippen molar-refractivity contribution in [2.45, 2.75) is 19.8 Å². The maximum Gasteiger partial charge on any atom is 0.250 e. The zero-order chi connectivity index (χ0) is 15.7. The average Bonchev–Trinajstić information content (AvgIpc) is 2.42. The third-order valence-corrected chi connectivity index (χ3v) is 3.11. The number of nitrogen functional groups attached to an aromatic ring is 1. The minimum absolute atomic E-state index is 0.0878. The van der Waals surface area contributed by atoms with Gasteiger partial charge in [0.1, 0.15) is 6.61 Å². The van der Waals surface area contributed by atoms with E-state index >= 15 is 0 Å². The van der Waals surface area contributed by atoms with Crippen molar-refractivity contribution in [1.29, 1.82) is 0 Å². The Labute approximate surface area is 134 Å². The number of amides is 1. The molecule has 0 aromatic heterocycles. The fourth-order valence-corrected chi connectivity index (χ4v) is 2.09. The van der Waals surface area contributed by atoms with E-state index in [1.165, 1.54) is 12.1 Å². The molecule has 1 aromatic rings. The van der Waals surface area contributed by atoms with Gasteiger partial charge in [-0.15, -0.1) is 0 Å². The zero-order valence-electron chi connectivity index (χ0n) is 12.0. The maximum absolute atomic E-state index is 11.7. The summed E-state index contributed by atoms with van der Waals surface area (Å²) in [4.78, 5) is 11.7. The number of anilines is 2. The number of halogens is 2. The van der Waals surface area contributed by atoms with Crippen LogP contribution in [0.5, 0.6) is 0 Å². The van der Waals surface area contributed by atoms with Gasteiger partial charge in [-0.25, -0.2) is 0 Å². The molecule has 21 heavy (non-hydrogen) atoms. The average molecular weight is 335 g/mol. The molecule has 0 unspecified atom stereocenters. The molecule has 0 saturated heterocycles. The van der Waals surface area contributed by atoms with E-state index in [1.54, 1.807) is 0 Å². The number of carbonyl (C=O) groups is 1. The summed E-state index contributed by atoms with van der Waals surface area (Å²) in [7, 11) is 0. The lowest BCUT2D eigenvalue weighted by Crippen LogP contribution is -2.20. The highest BCUT2D eigenvalue weighted by molar-refractivity contribution is 6.37. The predicted molar refractivity (Wildman–Crippen MR) is 86.1 cm³/mol. The van der Waals surface area contributed by atoms with Crippen molar-refractivity contribution in [2.75, 3.05) is 37.5 Å². The Balaban J connectivity index is 2.28. The number of nitrogens with one attached hydrogen (secondary N) is 1. The van der Waals surface area contributed by atoms with Crippen LogP contribution >= 0.6 is 23.2 Å². The van der Waals surface area contributed by atoms with Gasteiger partial charge in [0.15, 0.2) is 0 Å². The Morgan fingerprint density at radius 2 is 1.95 bits per heavy atom. The van der Waals surface area contributed by atoms with Crippen LogP contribution < -0.4 is 11.1 Å². The number of rotatable bonds is 9. The van der Waals surface area contributed by atoms with Gasteiger partial charge in [0.2, 0.25) is 5.91 Å². The van der Waals surface area contributed by atoms with Gasteiger partial charge in [0.25, 0.3) is 0 Å². The van der Waals surface area contributed by atoms with E-state index in [2.05, 4.69) is 12.2 Å². The number of ether oxygens (including phenoxy) is 2. The van der Waals surface area contributed by atoms with E-state index in [0.29, 0.717) is 36.2 Å². The van der Waals surface area contributed by atoms with Crippen molar-refractivity contribution in [1.82, 2.24) is 0 Å². The summed E-state index contributed by atoms with van der Waals surface area (Å²) < 4.78 is 10.5. The van der Waals surface area contributed by atoms with E-state index in [9.17, 15) is 4.79 Å². The van der Waals surface area contributed by atoms with Gasteiger partial charge in [-0.05, 0) is 18.6 Å². The SMILES string of the molecule is CCCCOCCOCC(=O)Nc1c(N)cc(Cl)cc1Cl. The van der Waals surface area contributed by atoms with Gasteiger partial charge in [0.05, 0.1) is 29.6 Å². The van der Waals surface area contributed by atoms with Crippen LogP contribution in [-0.4, -0.2) is 32.3 Å². The molecule has 0 aliphatic rings. The normalized spacial score (nSPS) is 10.6. The van der Waals surface area contributed by atoms with Crippen molar-refractivity contribution < 1.29 is 14.3 Å².